The van der Waals surface area contributed by atoms with Gasteiger partial charge >= 0.3 is 0 Å². The molecule has 5 nitrogen and oxygen atoms in total. The molecule has 0 spiro atoms. The minimum absolute atomic E-state index is 0.0922. The zero-order chi connectivity index (χ0) is 15.4. The molecule has 1 aromatic carbocycles. The van der Waals surface area contributed by atoms with Crippen LogP contribution in [-0.4, -0.2) is 65.8 Å². The Balaban J connectivity index is 1.45. The van der Waals surface area contributed by atoms with Gasteiger partial charge in [-0.1, -0.05) is 30.3 Å². The average molecular weight is 301 g/mol. The molecule has 0 radical (unpaired) electrons. The van der Waals surface area contributed by atoms with Gasteiger partial charge in [-0.2, -0.15) is 0 Å². The summed E-state index contributed by atoms with van der Waals surface area (Å²) < 4.78 is 0. The zero-order valence-corrected chi connectivity index (χ0v) is 12.9. The van der Waals surface area contributed by atoms with Gasteiger partial charge in [-0.3, -0.25) is 14.5 Å². The fourth-order valence-electron chi connectivity index (χ4n) is 3.13. The normalized spacial score (nSPS) is 19.7. The molecular weight excluding hydrogens is 278 g/mol. The van der Waals surface area contributed by atoms with Crippen LogP contribution >= 0.6 is 0 Å². The van der Waals surface area contributed by atoms with Crippen LogP contribution in [0.1, 0.15) is 18.4 Å². The number of rotatable bonds is 4. The van der Waals surface area contributed by atoms with Crippen molar-refractivity contribution in [1.82, 2.24) is 14.7 Å². The number of hydrogen-bond donors (Lipinski definition) is 0. The molecule has 0 unspecified atom stereocenters. The minimum atomic E-state index is 0.0922. The molecule has 5 heteroatoms. The first-order valence-electron chi connectivity index (χ1n) is 8.04. The largest absolute Gasteiger partial charge is 0.339 e. The summed E-state index contributed by atoms with van der Waals surface area (Å²) in [4.78, 5) is 29.8. The van der Waals surface area contributed by atoms with Crippen LogP contribution < -0.4 is 0 Å². The van der Waals surface area contributed by atoms with Gasteiger partial charge in [0.15, 0.2) is 0 Å². The van der Waals surface area contributed by atoms with Gasteiger partial charge in [0.25, 0.3) is 0 Å². The molecule has 2 heterocycles. The molecule has 0 aromatic heterocycles. The van der Waals surface area contributed by atoms with Crippen LogP contribution in [0.4, 0.5) is 0 Å². The highest BCUT2D eigenvalue weighted by atomic mass is 16.2. The fourth-order valence-corrected chi connectivity index (χ4v) is 3.13. The molecule has 0 bridgehead atoms. The van der Waals surface area contributed by atoms with Crippen molar-refractivity contribution in [2.24, 2.45) is 0 Å². The number of carbonyl (C=O) groups excluding carboxylic acids is 2. The number of likely N-dealkylation sites (tertiary alicyclic amines) is 1. The number of nitrogens with zero attached hydrogens (tertiary/aromatic N) is 3. The lowest BCUT2D eigenvalue weighted by molar-refractivity contribution is -0.139. The van der Waals surface area contributed by atoms with Crippen LogP contribution in [0, 0.1) is 0 Å². The number of hydrogen-bond acceptors (Lipinski definition) is 3. The lowest BCUT2D eigenvalue weighted by Crippen LogP contribution is -2.51. The van der Waals surface area contributed by atoms with Gasteiger partial charge in [-0.15, -0.1) is 0 Å². The second-order valence-corrected chi connectivity index (χ2v) is 6.06. The topological polar surface area (TPSA) is 43.9 Å². The monoisotopic (exact) mass is 301 g/mol. The lowest BCUT2D eigenvalue weighted by Gasteiger charge is -2.35. The highest BCUT2D eigenvalue weighted by Crippen LogP contribution is 2.12. The molecule has 2 saturated heterocycles. The Bertz CT molecular complexity index is 524. The van der Waals surface area contributed by atoms with Gasteiger partial charge < -0.3 is 9.80 Å². The predicted molar refractivity (Wildman–Crippen MR) is 84.1 cm³/mol. The van der Waals surface area contributed by atoms with Crippen molar-refractivity contribution in [2.45, 2.75) is 19.4 Å². The predicted octanol–water partition coefficient (Wildman–Crippen LogP) is 0.953. The molecule has 3 rings (SSSR count). The molecule has 0 atom stereocenters. The van der Waals surface area contributed by atoms with E-state index in [0.29, 0.717) is 6.42 Å². The third-order valence-corrected chi connectivity index (χ3v) is 4.47. The first kappa shape index (κ1) is 15.0. The molecule has 0 aliphatic carbocycles. The number of carbonyl (C=O) groups is 2. The highest BCUT2D eigenvalue weighted by molar-refractivity contribution is 5.85. The second-order valence-electron chi connectivity index (χ2n) is 6.06. The van der Waals surface area contributed by atoms with Crippen LogP contribution in [0.15, 0.2) is 30.3 Å². The van der Waals surface area contributed by atoms with E-state index in [2.05, 4.69) is 29.2 Å². The smallest absolute Gasteiger partial charge is 0.242 e. The standard InChI is InChI=1S/C17H23N3O2/c21-16-7-4-8-20(16)14-17(22)19-11-9-18(10-12-19)13-15-5-2-1-3-6-15/h1-3,5-6H,4,7-14H2. The summed E-state index contributed by atoms with van der Waals surface area (Å²) in [5.74, 6) is 0.214. The molecule has 2 fully saturated rings. The van der Waals surface area contributed by atoms with E-state index in [1.807, 2.05) is 11.0 Å². The van der Waals surface area contributed by atoms with Gasteiger partial charge in [0, 0.05) is 45.7 Å². The van der Waals surface area contributed by atoms with Crippen LogP contribution in [0.25, 0.3) is 0 Å². The fraction of sp³-hybridized carbons (Fsp3) is 0.529. The van der Waals surface area contributed by atoms with E-state index < -0.39 is 0 Å². The minimum Gasteiger partial charge on any atom is -0.339 e. The van der Waals surface area contributed by atoms with E-state index in [9.17, 15) is 9.59 Å². The Morgan fingerprint density at radius 3 is 2.36 bits per heavy atom. The molecule has 22 heavy (non-hydrogen) atoms. The maximum absolute atomic E-state index is 12.3. The Kier molecular flexibility index (Phi) is 4.73. The Morgan fingerprint density at radius 2 is 1.73 bits per heavy atom. The van der Waals surface area contributed by atoms with Crippen LogP contribution in [0.5, 0.6) is 0 Å². The van der Waals surface area contributed by atoms with Crippen molar-refractivity contribution >= 4 is 11.8 Å². The summed E-state index contributed by atoms with van der Waals surface area (Å²) in [6.07, 6.45) is 1.48. The van der Waals surface area contributed by atoms with Crippen LogP contribution in [-0.2, 0) is 16.1 Å². The quantitative estimate of drug-likeness (QED) is 0.832. The molecule has 0 N–H and O–H groups in total. The number of piperazine rings is 1. The van der Waals surface area contributed by atoms with E-state index >= 15 is 0 Å². The zero-order valence-electron chi connectivity index (χ0n) is 12.9. The third-order valence-electron chi connectivity index (χ3n) is 4.47. The summed E-state index contributed by atoms with van der Waals surface area (Å²) in [6, 6.07) is 10.4. The third kappa shape index (κ3) is 3.65. The van der Waals surface area contributed by atoms with Crippen molar-refractivity contribution in [1.29, 1.82) is 0 Å². The van der Waals surface area contributed by atoms with E-state index in [-0.39, 0.29) is 18.4 Å². The van der Waals surface area contributed by atoms with Gasteiger partial charge in [-0.05, 0) is 12.0 Å². The second kappa shape index (κ2) is 6.92. The summed E-state index contributed by atoms with van der Waals surface area (Å²) in [5, 5.41) is 0. The molecule has 2 amide bonds. The average Bonchev–Trinajstić information content (AvgIpc) is 2.94. The molecular formula is C17H23N3O2. The molecule has 0 saturated carbocycles. The van der Waals surface area contributed by atoms with Gasteiger partial charge in [0.1, 0.15) is 0 Å². The summed E-state index contributed by atoms with van der Waals surface area (Å²) in [6.45, 7) is 5.24. The Morgan fingerprint density at radius 1 is 1.00 bits per heavy atom. The van der Waals surface area contributed by atoms with Crippen LogP contribution in [0.2, 0.25) is 0 Å². The van der Waals surface area contributed by atoms with E-state index in [4.69, 9.17) is 0 Å². The van der Waals surface area contributed by atoms with Crippen molar-refractivity contribution in [2.75, 3.05) is 39.3 Å². The summed E-state index contributed by atoms with van der Waals surface area (Å²) >= 11 is 0. The number of benzene rings is 1. The molecule has 1 aromatic rings. The maximum Gasteiger partial charge on any atom is 0.242 e. The summed E-state index contributed by atoms with van der Waals surface area (Å²) in [7, 11) is 0. The van der Waals surface area contributed by atoms with Crippen molar-refractivity contribution < 1.29 is 9.59 Å². The van der Waals surface area contributed by atoms with E-state index in [1.165, 1.54) is 5.56 Å². The SMILES string of the molecule is O=C(CN1CCCC1=O)N1CCN(Cc2ccccc2)CC1. The van der Waals surface area contributed by atoms with Crippen molar-refractivity contribution in [3.05, 3.63) is 35.9 Å². The summed E-state index contributed by atoms with van der Waals surface area (Å²) in [5.41, 5.74) is 1.31. The Labute approximate surface area is 131 Å². The van der Waals surface area contributed by atoms with Gasteiger partial charge in [-0.25, -0.2) is 0 Å². The van der Waals surface area contributed by atoms with Crippen molar-refractivity contribution in [3.8, 4) is 0 Å². The van der Waals surface area contributed by atoms with E-state index in [0.717, 1.165) is 45.7 Å². The van der Waals surface area contributed by atoms with Crippen LogP contribution in [0.3, 0.4) is 0 Å². The van der Waals surface area contributed by atoms with Gasteiger partial charge in [0.05, 0.1) is 6.54 Å². The number of amides is 2. The van der Waals surface area contributed by atoms with Crippen molar-refractivity contribution in [3.63, 3.8) is 0 Å². The first-order chi connectivity index (χ1) is 10.7. The molecule has 2 aliphatic heterocycles. The highest BCUT2D eigenvalue weighted by Gasteiger charge is 2.26. The lowest BCUT2D eigenvalue weighted by atomic mass is 10.2. The molecule has 118 valence electrons. The van der Waals surface area contributed by atoms with Gasteiger partial charge in [0.2, 0.25) is 11.8 Å². The first-order valence-corrected chi connectivity index (χ1v) is 8.04. The van der Waals surface area contributed by atoms with E-state index in [1.54, 1.807) is 4.90 Å². The maximum atomic E-state index is 12.3. The molecule has 2 aliphatic rings. The Hall–Kier alpha value is -1.88.